The van der Waals surface area contributed by atoms with Crippen LogP contribution in [0.1, 0.15) is 5.56 Å². The first-order valence-electron chi connectivity index (χ1n) is 7.42. The number of nitrogens with one attached hydrogen (secondary N) is 2. The molecule has 0 bridgehead atoms. The minimum absolute atomic E-state index is 0.225. The summed E-state index contributed by atoms with van der Waals surface area (Å²) in [4.78, 5) is 8.89. The van der Waals surface area contributed by atoms with Crippen molar-refractivity contribution in [2.45, 2.75) is 6.54 Å². The molecule has 0 atom stereocenters. The Morgan fingerprint density at radius 3 is 2.75 bits per heavy atom. The maximum Gasteiger partial charge on any atom is 0.253 e. The molecule has 0 unspecified atom stereocenters. The third-order valence-electron chi connectivity index (χ3n) is 3.93. The van der Waals surface area contributed by atoms with Crippen LogP contribution >= 0.6 is 0 Å². The Morgan fingerprint density at radius 1 is 1.12 bits per heavy atom. The van der Waals surface area contributed by atoms with Crippen molar-refractivity contribution >= 4 is 22.8 Å². The molecular formula is C16H12FN5O2. The lowest BCUT2D eigenvalue weighted by atomic mass is 10.2. The van der Waals surface area contributed by atoms with Crippen molar-refractivity contribution in [3.63, 3.8) is 0 Å². The van der Waals surface area contributed by atoms with Gasteiger partial charge in [0.1, 0.15) is 5.82 Å². The van der Waals surface area contributed by atoms with Gasteiger partial charge in [0.05, 0.1) is 11.0 Å². The van der Waals surface area contributed by atoms with Gasteiger partial charge >= 0.3 is 0 Å². The highest BCUT2D eigenvalue weighted by atomic mass is 19.1. The number of ether oxygens (including phenoxy) is 2. The second-order valence-electron chi connectivity index (χ2n) is 5.49. The molecule has 0 spiro atoms. The van der Waals surface area contributed by atoms with E-state index in [0.717, 1.165) is 16.6 Å². The second kappa shape index (κ2) is 4.85. The molecule has 4 aromatic rings. The minimum Gasteiger partial charge on any atom is -0.454 e. The summed E-state index contributed by atoms with van der Waals surface area (Å²) < 4.78 is 25.5. The summed E-state index contributed by atoms with van der Waals surface area (Å²) in [5.74, 6) is 2.27. The summed E-state index contributed by atoms with van der Waals surface area (Å²) in [6, 6.07) is 10.0. The molecule has 0 fully saturated rings. The minimum atomic E-state index is -0.250. The Bertz CT molecular complexity index is 1050. The summed E-state index contributed by atoms with van der Waals surface area (Å²) in [7, 11) is 0. The first kappa shape index (κ1) is 13.2. The van der Waals surface area contributed by atoms with Crippen LogP contribution in [0.5, 0.6) is 11.5 Å². The SMILES string of the molecule is Fc1ccc(CNc2nc3nc4cc5c(cc4n3[nH]2)OCO5)cc1. The Labute approximate surface area is 135 Å². The van der Waals surface area contributed by atoms with Crippen molar-refractivity contribution in [3.8, 4) is 11.5 Å². The van der Waals surface area contributed by atoms with Gasteiger partial charge in [-0.15, -0.1) is 0 Å². The zero-order valence-electron chi connectivity index (χ0n) is 12.4. The quantitative estimate of drug-likeness (QED) is 0.606. The molecule has 2 N–H and O–H groups in total. The van der Waals surface area contributed by atoms with Gasteiger partial charge in [-0.2, -0.15) is 4.98 Å². The molecule has 1 aliphatic rings. The van der Waals surface area contributed by atoms with E-state index < -0.39 is 0 Å². The lowest BCUT2D eigenvalue weighted by Gasteiger charge is -2.02. The standard InChI is InChI=1S/C16H12FN5O2/c17-10-3-1-9(2-4-10)7-18-15-20-16-19-11-5-13-14(24-8-23-13)6-12(11)22(16)21-15/h1-6H,7-8H2,(H2,18,19,20,21). The Balaban J connectivity index is 1.46. The lowest BCUT2D eigenvalue weighted by molar-refractivity contribution is 0.174. The predicted octanol–water partition coefficient (Wildman–Crippen LogP) is 2.69. The fraction of sp³-hybridized carbons (Fsp3) is 0.125. The smallest absolute Gasteiger partial charge is 0.253 e. The van der Waals surface area contributed by atoms with Crippen molar-refractivity contribution in [1.82, 2.24) is 19.6 Å². The van der Waals surface area contributed by atoms with Gasteiger partial charge in [-0.05, 0) is 17.7 Å². The van der Waals surface area contributed by atoms with Crippen LogP contribution in [-0.4, -0.2) is 26.4 Å². The summed E-state index contributed by atoms with van der Waals surface area (Å²) in [6.07, 6.45) is 0. The lowest BCUT2D eigenvalue weighted by Crippen LogP contribution is -2.01. The van der Waals surface area contributed by atoms with Crippen LogP contribution < -0.4 is 14.8 Å². The van der Waals surface area contributed by atoms with Crippen LogP contribution in [0, 0.1) is 5.82 Å². The third kappa shape index (κ3) is 2.03. The van der Waals surface area contributed by atoms with E-state index in [0.29, 0.717) is 29.8 Å². The first-order valence-corrected chi connectivity index (χ1v) is 7.42. The number of hydrogen-bond acceptors (Lipinski definition) is 5. The van der Waals surface area contributed by atoms with Crippen LogP contribution in [0.15, 0.2) is 36.4 Å². The van der Waals surface area contributed by atoms with Gasteiger partial charge in [-0.3, -0.25) is 5.10 Å². The predicted molar refractivity (Wildman–Crippen MR) is 84.7 cm³/mol. The topological polar surface area (TPSA) is 76.5 Å². The number of hydrogen-bond donors (Lipinski definition) is 2. The van der Waals surface area contributed by atoms with Crippen LogP contribution in [0.25, 0.3) is 16.8 Å². The maximum absolute atomic E-state index is 12.9. The number of rotatable bonds is 3. The highest BCUT2D eigenvalue weighted by molar-refractivity contribution is 5.83. The fourth-order valence-corrected chi connectivity index (χ4v) is 2.74. The molecule has 3 heterocycles. The zero-order chi connectivity index (χ0) is 16.1. The highest BCUT2D eigenvalue weighted by Crippen LogP contribution is 2.35. The van der Waals surface area contributed by atoms with Crippen LogP contribution in [-0.2, 0) is 6.54 Å². The molecule has 5 rings (SSSR count). The number of halogens is 1. The van der Waals surface area contributed by atoms with Crippen molar-refractivity contribution in [2.24, 2.45) is 0 Å². The number of aromatic amines is 1. The number of benzene rings is 2. The van der Waals surface area contributed by atoms with E-state index in [9.17, 15) is 4.39 Å². The number of H-pyrrole nitrogens is 1. The van der Waals surface area contributed by atoms with Crippen molar-refractivity contribution in [1.29, 1.82) is 0 Å². The maximum atomic E-state index is 12.9. The summed E-state index contributed by atoms with van der Waals surface area (Å²) >= 11 is 0. The summed E-state index contributed by atoms with van der Waals surface area (Å²) in [5, 5.41) is 6.32. The summed E-state index contributed by atoms with van der Waals surface area (Å²) in [6.45, 7) is 0.754. The molecule has 7 nitrogen and oxygen atoms in total. The van der Waals surface area contributed by atoms with E-state index in [-0.39, 0.29) is 12.6 Å². The average molecular weight is 325 g/mol. The van der Waals surface area contributed by atoms with Crippen molar-refractivity contribution in [2.75, 3.05) is 12.1 Å². The molecule has 0 amide bonds. The zero-order valence-corrected chi connectivity index (χ0v) is 12.4. The van der Waals surface area contributed by atoms with Gasteiger partial charge in [-0.1, -0.05) is 12.1 Å². The van der Waals surface area contributed by atoms with Gasteiger partial charge in [0.15, 0.2) is 11.5 Å². The largest absolute Gasteiger partial charge is 0.454 e. The molecule has 0 radical (unpaired) electrons. The van der Waals surface area contributed by atoms with Crippen LogP contribution in [0.3, 0.4) is 0 Å². The molecule has 24 heavy (non-hydrogen) atoms. The van der Waals surface area contributed by atoms with Crippen molar-refractivity contribution in [3.05, 3.63) is 47.8 Å². The third-order valence-corrected chi connectivity index (χ3v) is 3.93. The average Bonchev–Trinajstić information content (AvgIpc) is 3.26. The van der Waals surface area contributed by atoms with Crippen LogP contribution in [0.4, 0.5) is 10.3 Å². The first-order chi connectivity index (χ1) is 11.8. The van der Waals surface area contributed by atoms with Gasteiger partial charge < -0.3 is 14.8 Å². The van der Waals surface area contributed by atoms with Crippen LogP contribution in [0.2, 0.25) is 0 Å². The molecule has 120 valence electrons. The molecule has 0 aliphatic carbocycles. The van der Waals surface area contributed by atoms with Gasteiger partial charge in [-0.25, -0.2) is 13.9 Å². The van der Waals surface area contributed by atoms with E-state index >= 15 is 0 Å². The molecule has 2 aromatic heterocycles. The fourth-order valence-electron chi connectivity index (χ4n) is 2.74. The molecular weight excluding hydrogens is 313 g/mol. The number of anilines is 1. The molecule has 1 aliphatic heterocycles. The van der Waals surface area contributed by atoms with E-state index in [1.807, 2.05) is 12.1 Å². The molecule has 0 saturated carbocycles. The van der Waals surface area contributed by atoms with Gasteiger partial charge in [0, 0.05) is 18.7 Å². The van der Waals surface area contributed by atoms with Gasteiger partial charge in [0.2, 0.25) is 12.7 Å². The van der Waals surface area contributed by atoms with Gasteiger partial charge in [0.25, 0.3) is 5.78 Å². The van der Waals surface area contributed by atoms with E-state index in [1.54, 1.807) is 16.6 Å². The number of fused-ring (bicyclic) bond motifs is 4. The Morgan fingerprint density at radius 2 is 1.92 bits per heavy atom. The van der Waals surface area contributed by atoms with E-state index in [4.69, 9.17) is 9.47 Å². The Kier molecular flexibility index (Phi) is 2.66. The monoisotopic (exact) mass is 325 g/mol. The Hall–Kier alpha value is -3.29. The molecule has 0 saturated heterocycles. The molecule has 2 aromatic carbocycles. The number of imidazole rings is 1. The number of nitrogens with zero attached hydrogens (tertiary/aromatic N) is 3. The second-order valence-corrected chi connectivity index (χ2v) is 5.49. The van der Waals surface area contributed by atoms with E-state index in [1.165, 1.54) is 12.1 Å². The normalized spacial score (nSPS) is 13.0. The molecule has 8 heteroatoms. The number of aromatic nitrogens is 4. The van der Waals surface area contributed by atoms with E-state index in [2.05, 4.69) is 20.4 Å². The van der Waals surface area contributed by atoms with Crippen molar-refractivity contribution < 1.29 is 13.9 Å². The highest BCUT2D eigenvalue weighted by Gasteiger charge is 2.18. The summed E-state index contributed by atoms with van der Waals surface area (Å²) in [5.41, 5.74) is 2.60.